The number of benzene rings is 1. The molecule has 0 aliphatic carbocycles. The zero-order valence-electron chi connectivity index (χ0n) is 11.7. The van der Waals surface area contributed by atoms with Crippen molar-refractivity contribution < 1.29 is 9.53 Å². The first-order valence-electron chi connectivity index (χ1n) is 6.30. The summed E-state index contributed by atoms with van der Waals surface area (Å²) in [6.07, 6.45) is 0. The van der Waals surface area contributed by atoms with Crippen LogP contribution in [-0.2, 0) is 0 Å². The molecule has 0 atom stereocenters. The van der Waals surface area contributed by atoms with Crippen LogP contribution in [-0.4, -0.2) is 22.5 Å². The number of carbonyl (C=O) groups excluding carboxylic acids is 1. The molecule has 0 radical (unpaired) electrons. The van der Waals surface area contributed by atoms with Crippen molar-refractivity contribution in [1.82, 2.24) is 9.97 Å². The van der Waals surface area contributed by atoms with Gasteiger partial charge >= 0.3 is 0 Å². The number of halogens is 1. The number of amides is 1. The highest BCUT2D eigenvalue weighted by atomic mass is 79.9. The highest BCUT2D eigenvalue weighted by molar-refractivity contribution is 9.10. The first-order chi connectivity index (χ1) is 9.93. The van der Waals surface area contributed by atoms with Crippen LogP contribution >= 0.6 is 15.9 Å². The van der Waals surface area contributed by atoms with Gasteiger partial charge < -0.3 is 16.2 Å². The molecule has 7 heteroatoms. The van der Waals surface area contributed by atoms with Crippen LogP contribution in [0.5, 0.6) is 5.75 Å². The molecule has 1 amide bonds. The zero-order chi connectivity index (χ0) is 15.6. The molecule has 110 valence electrons. The van der Waals surface area contributed by atoms with Gasteiger partial charge in [0, 0.05) is 5.56 Å². The standard InChI is InChI=1S/C14H15BrN4O2/c1-3-21-10-5-4-8(6-9(10)15)12-11(13(16)20)7(2)18-14(17)19-12/h4-6H,3H2,1-2H3,(H2,16,20)(H2,17,18,19). The molecule has 1 heterocycles. The molecule has 0 saturated carbocycles. The Morgan fingerprint density at radius 2 is 2.10 bits per heavy atom. The topological polar surface area (TPSA) is 104 Å². The number of nitrogens with zero attached hydrogens (tertiary/aromatic N) is 2. The third kappa shape index (κ3) is 3.13. The van der Waals surface area contributed by atoms with Gasteiger partial charge in [-0.2, -0.15) is 0 Å². The number of hydrogen-bond acceptors (Lipinski definition) is 5. The summed E-state index contributed by atoms with van der Waals surface area (Å²) in [5.41, 5.74) is 12.9. The number of primary amides is 1. The van der Waals surface area contributed by atoms with Crippen LogP contribution < -0.4 is 16.2 Å². The van der Waals surface area contributed by atoms with Gasteiger partial charge in [0.2, 0.25) is 5.95 Å². The quantitative estimate of drug-likeness (QED) is 0.880. The van der Waals surface area contributed by atoms with E-state index < -0.39 is 5.91 Å². The van der Waals surface area contributed by atoms with Gasteiger partial charge in [0.15, 0.2) is 0 Å². The monoisotopic (exact) mass is 350 g/mol. The molecule has 0 fully saturated rings. The van der Waals surface area contributed by atoms with Crippen LogP contribution in [0.2, 0.25) is 0 Å². The summed E-state index contributed by atoms with van der Waals surface area (Å²) in [6.45, 7) is 4.13. The van der Waals surface area contributed by atoms with Gasteiger partial charge in [-0.05, 0) is 48.0 Å². The molecule has 0 saturated heterocycles. The SMILES string of the molecule is CCOc1ccc(-c2nc(N)nc(C)c2C(N)=O)cc1Br. The van der Waals surface area contributed by atoms with Crippen molar-refractivity contribution in [2.75, 3.05) is 12.3 Å². The molecule has 0 unspecified atom stereocenters. The lowest BCUT2D eigenvalue weighted by Crippen LogP contribution is -2.17. The van der Waals surface area contributed by atoms with E-state index in [9.17, 15) is 4.79 Å². The second kappa shape index (κ2) is 6.09. The molecule has 21 heavy (non-hydrogen) atoms. The van der Waals surface area contributed by atoms with Crippen molar-refractivity contribution in [1.29, 1.82) is 0 Å². The average molecular weight is 351 g/mol. The third-order valence-corrected chi connectivity index (χ3v) is 3.48. The van der Waals surface area contributed by atoms with Crippen molar-refractivity contribution in [3.8, 4) is 17.0 Å². The van der Waals surface area contributed by atoms with E-state index in [1.165, 1.54) is 0 Å². The van der Waals surface area contributed by atoms with Crippen molar-refractivity contribution in [2.24, 2.45) is 5.73 Å². The van der Waals surface area contributed by atoms with Crippen LogP contribution in [0, 0.1) is 6.92 Å². The summed E-state index contributed by atoms with van der Waals surface area (Å²) in [5.74, 6) is 0.214. The molecule has 1 aromatic heterocycles. The second-order valence-corrected chi connectivity index (χ2v) is 5.19. The van der Waals surface area contributed by atoms with Gasteiger partial charge in [0.1, 0.15) is 5.75 Å². The minimum atomic E-state index is -0.590. The summed E-state index contributed by atoms with van der Waals surface area (Å²) in [7, 11) is 0. The molecule has 2 rings (SSSR count). The number of aromatic nitrogens is 2. The van der Waals surface area contributed by atoms with Crippen LogP contribution in [0.25, 0.3) is 11.3 Å². The highest BCUT2D eigenvalue weighted by Crippen LogP contribution is 2.32. The summed E-state index contributed by atoms with van der Waals surface area (Å²) in [5, 5.41) is 0. The third-order valence-electron chi connectivity index (χ3n) is 2.86. The Morgan fingerprint density at radius 1 is 1.38 bits per heavy atom. The molecule has 1 aromatic carbocycles. The maximum absolute atomic E-state index is 11.6. The van der Waals surface area contributed by atoms with E-state index in [2.05, 4.69) is 25.9 Å². The fraction of sp³-hybridized carbons (Fsp3) is 0.214. The number of ether oxygens (including phenoxy) is 1. The number of carbonyl (C=O) groups is 1. The van der Waals surface area contributed by atoms with E-state index in [-0.39, 0.29) is 11.5 Å². The molecular formula is C14H15BrN4O2. The van der Waals surface area contributed by atoms with Crippen LogP contribution in [0.15, 0.2) is 22.7 Å². The van der Waals surface area contributed by atoms with Crippen LogP contribution in [0.4, 0.5) is 5.95 Å². The van der Waals surface area contributed by atoms with Gasteiger partial charge in [-0.25, -0.2) is 9.97 Å². The minimum Gasteiger partial charge on any atom is -0.493 e. The number of rotatable bonds is 4. The summed E-state index contributed by atoms with van der Waals surface area (Å²) < 4.78 is 6.21. The van der Waals surface area contributed by atoms with Gasteiger partial charge in [-0.3, -0.25) is 4.79 Å². The maximum atomic E-state index is 11.6. The lowest BCUT2D eigenvalue weighted by atomic mass is 10.0. The Hall–Kier alpha value is -2.15. The summed E-state index contributed by atoms with van der Waals surface area (Å²) >= 11 is 3.43. The molecule has 4 N–H and O–H groups in total. The number of nitrogens with two attached hydrogens (primary N) is 2. The average Bonchev–Trinajstić information content (AvgIpc) is 2.39. The van der Waals surface area contributed by atoms with Gasteiger partial charge in [-0.15, -0.1) is 0 Å². The van der Waals surface area contributed by atoms with Gasteiger partial charge in [-0.1, -0.05) is 0 Å². The Balaban J connectivity index is 2.61. The Labute approximate surface area is 130 Å². The van der Waals surface area contributed by atoms with E-state index in [1.54, 1.807) is 25.1 Å². The zero-order valence-corrected chi connectivity index (χ0v) is 13.3. The van der Waals surface area contributed by atoms with E-state index in [0.29, 0.717) is 29.3 Å². The predicted octanol–water partition coefficient (Wildman–Crippen LogP) is 2.29. The van der Waals surface area contributed by atoms with Gasteiger partial charge in [0.05, 0.1) is 28.0 Å². The van der Waals surface area contributed by atoms with Crippen molar-refractivity contribution in [2.45, 2.75) is 13.8 Å². The van der Waals surface area contributed by atoms with Crippen LogP contribution in [0.3, 0.4) is 0 Å². The smallest absolute Gasteiger partial charge is 0.252 e. The molecule has 6 nitrogen and oxygen atoms in total. The fourth-order valence-electron chi connectivity index (χ4n) is 2.02. The fourth-order valence-corrected chi connectivity index (χ4v) is 2.51. The number of nitrogen functional groups attached to an aromatic ring is 1. The highest BCUT2D eigenvalue weighted by Gasteiger charge is 2.18. The Kier molecular flexibility index (Phi) is 4.42. The molecule has 0 spiro atoms. The predicted molar refractivity (Wildman–Crippen MR) is 84.0 cm³/mol. The van der Waals surface area contributed by atoms with Crippen molar-refractivity contribution in [3.05, 3.63) is 33.9 Å². The second-order valence-electron chi connectivity index (χ2n) is 4.33. The van der Waals surface area contributed by atoms with Crippen LogP contribution in [0.1, 0.15) is 23.0 Å². The molecule has 0 aliphatic rings. The largest absolute Gasteiger partial charge is 0.493 e. The molecular weight excluding hydrogens is 336 g/mol. The van der Waals surface area contributed by atoms with Crippen molar-refractivity contribution >= 4 is 27.8 Å². The summed E-state index contributed by atoms with van der Waals surface area (Å²) in [6, 6.07) is 5.39. The normalized spacial score (nSPS) is 10.4. The van der Waals surface area contributed by atoms with E-state index in [0.717, 1.165) is 4.47 Å². The number of aryl methyl sites for hydroxylation is 1. The van der Waals surface area contributed by atoms with Gasteiger partial charge in [0.25, 0.3) is 5.91 Å². The lowest BCUT2D eigenvalue weighted by Gasteiger charge is -2.11. The number of hydrogen-bond donors (Lipinski definition) is 2. The van der Waals surface area contributed by atoms with E-state index in [1.807, 2.05) is 6.92 Å². The Morgan fingerprint density at radius 3 is 2.67 bits per heavy atom. The number of anilines is 1. The Bertz CT molecular complexity index is 704. The van der Waals surface area contributed by atoms with E-state index >= 15 is 0 Å². The van der Waals surface area contributed by atoms with E-state index in [4.69, 9.17) is 16.2 Å². The maximum Gasteiger partial charge on any atom is 0.252 e. The first-order valence-corrected chi connectivity index (χ1v) is 7.10. The molecule has 0 aliphatic heterocycles. The molecule has 0 bridgehead atoms. The molecule has 2 aromatic rings. The minimum absolute atomic E-state index is 0.0949. The first kappa shape index (κ1) is 15.2. The van der Waals surface area contributed by atoms with Crippen molar-refractivity contribution in [3.63, 3.8) is 0 Å². The summed E-state index contributed by atoms with van der Waals surface area (Å²) in [4.78, 5) is 19.8. The lowest BCUT2D eigenvalue weighted by molar-refractivity contribution is 0.0999.